The van der Waals surface area contributed by atoms with Gasteiger partial charge in [-0.2, -0.15) is 0 Å². The summed E-state index contributed by atoms with van der Waals surface area (Å²) in [5.74, 6) is 1.08. The maximum atomic E-state index is 12.2. The highest BCUT2D eigenvalue weighted by molar-refractivity contribution is 5.90. The van der Waals surface area contributed by atoms with Crippen LogP contribution >= 0.6 is 0 Å². The van der Waals surface area contributed by atoms with Gasteiger partial charge in [0.2, 0.25) is 5.91 Å². The van der Waals surface area contributed by atoms with E-state index >= 15 is 0 Å². The monoisotopic (exact) mass is 318 g/mol. The molecule has 6 nitrogen and oxygen atoms in total. The number of carbonyl (C=O) groups is 2. The summed E-state index contributed by atoms with van der Waals surface area (Å²) in [5, 5.41) is 8.82. The first-order valence-corrected chi connectivity index (χ1v) is 8.17. The van der Waals surface area contributed by atoms with Crippen LogP contribution in [-0.2, 0) is 11.3 Å². The molecule has 0 radical (unpaired) electrons. The lowest BCUT2D eigenvalue weighted by Crippen LogP contribution is -2.32. The molecule has 1 saturated heterocycles. The van der Waals surface area contributed by atoms with E-state index in [0.29, 0.717) is 24.8 Å². The summed E-state index contributed by atoms with van der Waals surface area (Å²) in [7, 11) is 0. The number of urea groups is 1. The fourth-order valence-electron chi connectivity index (χ4n) is 2.98. The molecule has 0 bridgehead atoms. The highest BCUT2D eigenvalue weighted by atomic mass is 16.2. The van der Waals surface area contributed by atoms with Gasteiger partial charge in [0.1, 0.15) is 0 Å². The average Bonchev–Trinajstić information content (AvgIpc) is 2.55. The topological polar surface area (TPSA) is 96.2 Å². The van der Waals surface area contributed by atoms with E-state index in [-0.39, 0.29) is 5.91 Å². The van der Waals surface area contributed by atoms with Crippen molar-refractivity contribution in [2.75, 3.05) is 18.4 Å². The Bertz CT molecular complexity index is 524. The maximum Gasteiger partial charge on any atom is 0.312 e. The van der Waals surface area contributed by atoms with E-state index in [2.05, 4.69) is 22.9 Å². The number of carbonyl (C=O) groups excluding carboxylic acids is 2. The largest absolute Gasteiger partial charge is 0.352 e. The summed E-state index contributed by atoms with van der Waals surface area (Å²) >= 11 is 0. The van der Waals surface area contributed by atoms with Gasteiger partial charge in [-0.1, -0.05) is 19.1 Å². The Kier molecular flexibility index (Phi) is 6.40. The van der Waals surface area contributed by atoms with Crippen molar-refractivity contribution in [1.29, 1.82) is 0 Å². The minimum absolute atomic E-state index is 0.0547. The van der Waals surface area contributed by atoms with Crippen molar-refractivity contribution in [2.45, 2.75) is 32.7 Å². The lowest BCUT2D eigenvalue weighted by Gasteiger charge is -2.27. The van der Waals surface area contributed by atoms with Crippen LogP contribution in [0.3, 0.4) is 0 Å². The number of nitrogens with two attached hydrogens (primary N) is 1. The van der Waals surface area contributed by atoms with E-state index in [1.165, 1.54) is 0 Å². The second-order valence-electron chi connectivity index (χ2n) is 6.23. The molecule has 0 aromatic heterocycles. The Morgan fingerprint density at radius 2 is 1.91 bits per heavy atom. The van der Waals surface area contributed by atoms with Crippen molar-refractivity contribution < 1.29 is 9.59 Å². The fourth-order valence-corrected chi connectivity index (χ4v) is 2.98. The standard InChI is InChI=1S/C17H26N4O2/c1-12(14-6-8-19-9-7-14)10-16(22)21-15-4-2-13(3-5-15)11-20-17(18)23/h2-5,12,14,19H,6-11H2,1H3,(H,21,22)(H3,18,20,23). The minimum Gasteiger partial charge on any atom is -0.352 e. The van der Waals surface area contributed by atoms with E-state index in [9.17, 15) is 9.59 Å². The van der Waals surface area contributed by atoms with Gasteiger partial charge in [0.05, 0.1) is 0 Å². The van der Waals surface area contributed by atoms with Crippen LogP contribution in [0.2, 0.25) is 0 Å². The molecule has 1 heterocycles. The fraction of sp³-hybridized carbons (Fsp3) is 0.529. The van der Waals surface area contributed by atoms with Crippen molar-refractivity contribution in [3.8, 4) is 0 Å². The number of rotatable bonds is 6. The van der Waals surface area contributed by atoms with Gasteiger partial charge in [-0.15, -0.1) is 0 Å². The Morgan fingerprint density at radius 1 is 1.26 bits per heavy atom. The van der Waals surface area contributed by atoms with Gasteiger partial charge in [-0.05, 0) is 55.5 Å². The molecule has 1 aromatic rings. The van der Waals surface area contributed by atoms with Crippen LogP contribution in [0.5, 0.6) is 0 Å². The number of piperidine rings is 1. The van der Waals surface area contributed by atoms with Crippen molar-refractivity contribution in [2.24, 2.45) is 17.6 Å². The van der Waals surface area contributed by atoms with Crippen LogP contribution in [0.4, 0.5) is 10.5 Å². The van der Waals surface area contributed by atoms with E-state index in [4.69, 9.17) is 5.73 Å². The Hall–Kier alpha value is -2.08. The number of amides is 3. The molecule has 126 valence electrons. The first-order valence-electron chi connectivity index (χ1n) is 8.17. The number of hydrogen-bond donors (Lipinski definition) is 4. The summed E-state index contributed by atoms with van der Waals surface area (Å²) in [4.78, 5) is 22.8. The lowest BCUT2D eigenvalue weighted by molar-refractivity contribution is -0.117. The molecule has 6 heteroatoms. The average molecular weight is 318 g/mol. The van der Waals surface area contributed by atoms with Gasteiger partial charge in [-0.25, -0.2) is 4.79 Å². The maximum absolute atomic E-state index is 12.2. The van der Waals surface area contributed by atoms with Gasteiger partial charge in [0.25, 0.3) is 0 Å². The molecule has 1 unspecified atom stereocenters. The SMILES string of the molecule is CC(CC(=O)Nc1ccc(CNC(N)=O)cc1)C1CCNCC1. The molecule has 1 aliphatic heterocycles. The zero-order chi connectivity index (χ0) is 16.7. The molecule has 5 N–H and O–H groups in total. The molecule has 2 rings (SSSR count). The summed E-state index contributed by atoms with van der Waals surface area (Å²) in [6.07, 6.45) is 2.85. The second kappa shape index (κ2) is 8.53. The quantitative estimate of drug-likeness (QED) is 0.644. The molecule has 0 spiro atoms. The number of anilines is 1. The number of hydrogen-bond acceptors (Lipinski definition) is 3. The summed E-state index contributed by atoms with van der Waals surface area (Å²) in [6, 6.07) is 6.86. The van der Waals surface area contributed by atoms with E-state index in [1.807, 2.05) is 24.3 Å². The molecule has 1 atom stereocenters. The van der Waals surface area contributed by atoms with Crippen LogP contribution in [0.1, 0.15) is 31.7 Å². The highest BCUT2D eigenvalue weighted by Gasteiger charge is 2.21. The molecule has 1 aromatic carbocycles. The van der Waals surface area contributed by atoms with E-state index in [1.54, 1.807) is 0 Å². The van der Waals surface area contributed by atoms with Gasteiger partial charge in [0, 0.05) is 18.7 Å². The summed E-state index contributed by atoms with van der Waals surface area (Å²) in [6.45, 7) is 4.65. The van der Waals surface area contributed by atoms with Gasteiger partial charge >= 0.3 is 6.03 Å². The van der Waals surface area contributed by atoms with Gasteiger partial charge in [-0.3, -0.25) is 4.79 Å². The van der Waals surface area contributed by atoms with Crippen molar-refractivity contribution in [3.63, 3.8) is 0 Å². The lowest BCUT2D eigenvalue weighted by atomic mass is 9.84. The van der Waals surface area contributed by atoms with Crippen molar-refractivity contribution in [1.82, 2.24) is 10.6 Å². The summed E-state index contributed by atoms with van der Waals surface area (Å²) in [5.41, 5.74) is 6.74. The molecule has 0 saturated carbocycles. The third kappa shape index (κ3) is 5.90. The third-order valence-corrected chi connectivity index (χ3v) is 4.40. The van der Waals surface area contributed by atoms with Crippen LogP contribution < -0.4 is 21.7 Å². The van der Waals surface area contributed by atoms with E-state index < -0.39 is 6.03 Å². The molecule has 3 amide bonds. The smallest absolute Gasteiger partial charge is 0.312 e. The molecule has 1 aliphatic rings. The molecular weight excluding hydrogens is 292 g/mol. The number of primary amides is 1. The molecular formula is C17H26N4O2. The predicted octanol–water partition coefficient (Wildman–Crippen LogP) is 1.82. The molecule has 1 fully saturated rings. The normalized spacial score (nSPS) is 16.6. The van der Waals surface area contributed by atoms with E-state index in [0.717, 1.165) is 37.2 Å². The van der Waals surface area contributed by atoms with Crippen LogP contribution in [-0.4, -0.2) is 25.0 Å². The number of nitrogens with one attached hydrogen (secondary N) is 3. The highest BCUT2D eigenvalue weighted by Crippen LogP contribution is 2.24. The van der Waals surface area contributed by atoms with Crippen LogP contribution in [0, 0.1) is 11.8 Å². The van der Waals surface area contributed by atoms with Crippen molar-refractivity contribution in [3.05, 3.63) is 29.8 Å². The first-order chi connectivity index (χ1) is 11.0. The van der Waals surface area contributed by atoms with Crippen molar-refractivity contribution >= 4 is 17.6 Å². The minimum atomic E-state index is -0.547. The third-order valence-electron chi connectivity index (χ3n) is 4.40. The van der Waals surface area contributed by atoms with Gasteiger partial charge in [0.15, 0.2) is 0 Å². The van der Waals surface area contributed by atoms with Crippen LogP contribution in [0.15, 0.2) is 24.3 Å². The summed E-state index contributed by atoms with van der Waals surface area (Å²) < 4.78 is 0. The molecule has 23 heavy (non-hydrogen) atoms. The zero-order valence-electron chi connectivity index (χ0n) is 13.6. The first kappa shape index (κ1) is 17.3. The van der Waals surface area contributed by atoms with Crippen LogP contribution in [0.25, 0.3) is 0 Å². The predicted molar refractivity (Wildman–Crippen MR) is 90.9 cm³/mol. The Morgan fingerprint density at radius 3 is 2.52 bits per heavy atom. The molecule has 0 aliphatic carbocycles. The second-order valence-corrected chi connectivity index (χ2v) is 6.23. The zero-order valence-corrected chi connectivity index (χ0v) is 13.6. The Labute approximate surface area is 137 Å². The Balaban J connectivity index is 1.79. The number of benzene rings is 1. The van der Waals surface area contributed by atoms with Gasteiger partial charge < -0.3 is 21.7 Å².